The maximum Gasteiger partial charge on any atom is 0.347 e. The Morgan fingerprint density at radius 2 is 1.67 bits per heavy atom. The second-order valence-corrected chi connectivity index (χ2v) is 5.02. The highest BCUT2D eigenvalue weighted by molar-refractivity contribution is 5.95. The maximum atomic E-state index is 12.3. The summed E-state index contributed by atoms with van der Waals surface area (Å²) in [5, 5.41) is 30.1. The van der Waals surface area contributed by atoms with E-state index in [0.717, 1.165) is 0 Å². The zero-order valence-electron chi connectivity index (χ0n) is 12.9. The van der Waals surface area contributed by atoms with Gasteiger partial charge < -0.3 is 29.2 Å². The van der Waals surface area contributed by atoms with Crippen LogP contribution in [0, 0.1) is 0 Å². The Balaban J connectivity index is 2.37. The third-order valence-corrected chi connectivity index (χ3v) is 3.62. The molecule has 0 atom stereocenters. The van der Waals surface area contributed by atoms with Gasteiger partial charge >= 0.3 is 5.63 Å². The van der Waals surface area contributed by atoms with Gasteiger partial charge in [-0.2, -0.15) is 0 Å². The number of methoxy groups -OCH3 is 2. The zero-order valence-corrected chi connectivity index (χ0v) is 12.9. The molecule has 0 aliphatic heterocycles. The lowest BCUT2D eigenvalue weighted by molar-refractivity contribution is 0.373. The van der Waals surface area contributed by atoms with Crippen LogP contribution in [0.25, 0.3) is 22.1 Å². The summed E-state index contributed by atoms with van der Waals surface area (Å²) in [6.45, 7) is 0. The Bertz CT molecular complexity index is 988. The van der Waals surface area contributed by atoms with Gasteiger partial charge in [0.05, 0.1) is 14.2 Å². The molecule has 0 amide bonds. The average molecular weight is 330 g/mol. The van der Waals surface area contributed by atoms with Crippen molar-refractivity contribution in [2.75, 3.05) is 14.2 Å². The molecule has 0 spiro atoms. The summed E-state index contributed by atoms with van der Waals surface area (Å²) in [4.78, 5) is 12.3. The number of phenols is 2. The molecule has 7 nitrogen and oxygen atoms in total. The van der Waals surface area contributed by atoms with E-state index in [0.29, 0.717) is 5.56 Å². The van der Waals surface area contributed by atoms with Gasteiger partial charge in [-0.3, -0.25) is 0 Å². The number of fused-ring (bicyclic) bond motifs is 1. The van der Waals surface area contributed by atoms with Gasteiger partial charge in [-0.05, 0) is 17.7 Å². The first kappa shape index (κ1) is 15.5. The lowest BCUT2D eigenvalue weighted by atomic mass is 10.0. The van der Waals surface area contributed by atoms with Crippen LogP contribution in [0.4, 0.5) is 0 Å². The Labute approximate surface area is 135 Å². The quantitative estimate of drug-likeness (QED) is 0.633. The van der Waals surface area contributed by atoms with Crippen molar-refractivity contribution < 1.29 is 29.2 Å². The number of rotatable bonds is 3. The highest BCUT2D eigenvalue weighted by atomic mass is 16.5. The lowest BCUT2D eigenvalue weighted by Crippen LogP contribution is -2.04. The monoisotopic (exact) mass is 330 g/mol. The van der Waals surface area contributed by atoms with E-state index in [9.17, 15) is 20.1 Å². The predicted octanol–water partition coefficient (Wildman–Crippen LogP) is 2.59. The van der Waals surface area contributed by atoms with E-state index < -0.39 is 5.63 Å². The molecule has 3 N–H and O–H groups in total. The second-order valence-electron chi connectivity index (χ2n) is 5.02. The van der Waals surface area contributed by atoms with Crippen molar-refractivity contribution in [1.29, 1.82) is 0 Å². The Morgan fingerprint density at radius 1 is 0.958 bits per heavy atom. The number of benzene rings is 2. The van der Waals surface area contributed by atoms with Crippen LogP contribution in [0.2, 0.25) is 0 Å². The summed E-state index contributed by atoms with van der Waals surface area (Å²) in [6.07, 6.45) is 0. The lowest BCUT2D eigenvalue weighted by Gasteiger charge is -2.11. The largest absolute Gasteiger partial charge is 0.508 e. The molecule has 124 valence electrons. The van der Waals surface area contributed by atoms with Gasteiger partial charge in [-0.25, -0.2) is 4.79 Å². The molecule has 3 aromatic rings. The third kappa shape index (κ3) is 2.36. The minimum Gasteiger partial charge on any atom is -0.508 e. The van der Waals surface area contributed by atoms with Crippen LogP contribution < -0.4 is 15.1 Å². The van der Waals surface area contributed by atoms with Crippen molar-refractivity contribution in [3.63, 3.8) is 0 Å². The van der Waals surface area contributed by atoms with Gasteiger partial charge in [0, 0.05) is 12.1 Å². The van der Waals surface area contributed by atoms with Crippen LogP contribution in [0.15, 0.2) is 39.5 Å². The Kier molecular flexibility index (Phi) is 3.69. The molecular weight excluding hydrogens is 316 g/mol. The van der Waals surface area contributed by atoms with E-state index in [1.165, 1.54) is 44.6 Å². The van der Waals surface area contributed by atoms with Crippen LogP contribution in [0.5, 0.6) is 28.7 Å². The van der Waals surface area contributed by atoms with E-state index in [1.807, 2.05) is 0 Å². The molecular formula is C17H14O7. The normalized spacial score (nSPS) is 10.8. The molecule has 3 rings (SSSR count). The van der Waals surface area contributed by atoms with E-state index in [-0.39, 0.29) is 45.3 Å². The van der Waals surface area contributed by atoms with Gasteiger partial charge in [0.2, 0.25) is 0 Å². The molecule has 0 fully saturated rings. The van der Waals surface area contributed by atoms with Gasteiger partial charge in [-0.15, -0.1) is 0 Å². The highest BCUT2D eigenvalue weighted by Crippen LogP contribution is 2.41. The Hall–Kier alpha value is -3.35. The molecule has 2 aromatic carbocycles. The van der Waals surface area contributed by atoms with Crippen LogP contribution in [0.3, 0.4) is 0 Å². The first-order valence-corrected chi connectivity index (χ1v) is 6.90. The van der Waals surface area contributed by atoms with Crippen LogP contribution in [0.1, 0.15) is 0 Å². The fraction of sp³-hybridized carbons (Fsp3) is 0.118. The fourth-order valence-corrected chi connectivity index (χ4v) is 2.51. The van der Waals surface area contributed by atoms with Crippen LogP contribution in [-0.4, -0.2) is 29.5 Å². The zero-order chi connectivity index (χ0) is 17.4. The van der Waals surface area contributed by atoms with E-state index in [1.54, 1.807) is 0 Å². The van der Waals surface area contributed by atoms with Gasteiger partial charge in [0.15, 0.2) is 11.5 Å². The SMILES string of the molecule is COc1cc(-c2c(O)c3c(OC)cc(O)cc3oc2=O)ccc1O. The summed E-state index contributed by atoms with van der Waals surface area (Å²) in [5.41, 5.74) is -0.623. The van der Waals surface area contributed by atoms with Crippen molar-refractivity contribution >= 4 is 11.0 Å². The summed E-state index contributed by atoms with van der Waals surface area (Å²) >= 11 is 0. The molecule has 0 saturated carbocycles. The van der Waals surface area contributed by atoms with Crippen molar-refractivity contribution in [3.8, 4) is 39.9 Å². The van der Waals surface area contributed by atoms with E-state index >= 15 is 0 Å². The van der Waals surface area contributed by atoms with Crippen molar-refractivity contribution in [1.82, 2.24) is 0 Å². The number of hydrogen-bond donors (Lipinski definition) is 3. The summed E-state index contributed by atoms with van der Waals surface area (Å²) in [7, 11) is 2.73. The molecule has 0 saturated heterocycles. The molecule has 1 heterocycles. The molecule has 0 aliphatic carbocycles. The fourth-order valence-electron chi connectivity index (χ4n) is 2.51. The van der Waals surface area contributed by atoms with Crippen LogP contribution >= 0.6 is 0 Å². The molecule has 0 bridgehead atoms. The Morgan fingerprint density at radius 3 is 2.33 bits per heavy atom. The minimum atomic E-state index is -0.805. The van der Waals surface area contributed by atoms with E-state index in [2.05, 4.69) is 0 Å². The first-order valence-electron chi connectivity index (χ1n) is 6.90. The topological polar surface area (TPSA) is 109 Å². The predicted molar refractivity (Wildman–Crippen MR) is 86.0 cm³/mol. The standard InChI is InChI=1S/C17H14O7/c1-22-11-5-8(3-4-10(11)19)14-16(20)15-12(23-2)6-9(18)7-13(15)24-17(14)21/h3-7,18-20H,1-2H3. The molecule has 0 aliphatic rings. The average Bonchev–Trinajstić information content (AvgIpc) is 2.54. The number of hydrogen-bond acceptors (Lipinski definition) is 7. The van der Waals surface area contributed by atoms with Crippen molar-refractivity contribution in [2.24, 2.45) is 0 Å². The summed E-state index contributed by atoms with van der Waals surface area (Å²) in [5.74, 6) is -0.331. The van der Waals surface area contributed by atoms with Crippen LogP contribution in [-0.2, 0) is 0 Å². The number of aromatic hydroxyl groups is 3. The van der Waals surface area contributed by atoms with Crippen molar-refractivity contribution in [2.45, 2.75) is 0 Å². The second kappa shape index (κ2) is 5.69. The molecule has 1 aromatic heterocycles. The van der Waals surface area contributed by atoms with Crippen molar-refractivity contribution in [3.05, 3.63) is 40.8 Å². The third-order valence-electron chi connectivity index (χ3n) is 3.62. The smallest absolute Gasteiger partial charge is 0.347 e. The van der Waals surface area contributed by atoms with E-state index in [4.69, 9.17) is 13.9 Å². The number of ether oxygens (including phenoxy) is 2. The molecule has 7 heteroatoms. The van der Waals surface area contributed by atoms with Gasteiger partial charge in [0.25, 0.3) is 0 Å². The summed E-state index contributed by atoms with van der Waals surface area (Å²) < 4.78 is 15.3. The maximum absolute atomic E-state index is 12.3. The molecule has 0 radical (unpaired) electrons. The highest BCUT2D eigenvalue weighted by Gasteiger charge is 2.20. The molecule has 0 unspecified atom stereocenters. The molecule has 24 heavy (non-hydrogen) atoms. The summed E-state index contributed by atoms with van der Waals surface area (Å²) in [6, 6.07) is 6.69. The van der Waals surface area contributed by atoms with Gasteiger partial charge in [0.1, 0.15) is 33.8 Å². The number of phenolic OH excluding ortho intramolecular Hbond substituents is 2. The van der Waals surface area contributed by atoms with Gasteiger partial charge in [-0.1, -0.05) is 6.07 Å². The first-order chi connectivity index (χ1) is 11.5. The minimum absolute atomic E-state index is 0.0103.